The van der Waals surface area contributed by atoms with E-state index in [0.717, 1.165) is 15.7 Å². The molecule has 0 aliphatic heterocycles. The van der Waals surface area contributed by atoms with Gasteiger partial charge < -0.3 is 5.73 Å². The maximum Gasteiger partial charge on any atom is 0.132 e. The first-order chi connectivity index (χ1) is 8.16. The Balaban J connectivity index is 2.38. The number of hydrogen-bond acceptors (Lipinski definition) is 1. The van der Waals surface area contributed by atoms with Gasteiger partial charge in [0, 0.05) is 10.0 Å². The fraction of sp³-hybridized carbons (Fsp3) is 0. The second-order valence-electron chi connectivity index (χ2n) is 3.46. The van der Waals surface area contributed by atoms with Crippen LogP contribution in [0.5, 0.6) is 0 Å². The molecule has 0 atom stereocenters. The van der Waals surface area contributed by atoms with Crippen molar-refractivity contribution in [3.63, 3.8) is 0 Å². The van der Waals surface area contributed by atoms with E-state index >= 15 is 0 Å². The maximum absolute atomic E-state index is 6.05. The molecule has 0 fully saturated rings. The topological polar surface area (TPSA) is 38.4 Å². The van der Waals surface area contributed by atoms with Gasteiger partial charge in [0.15, 0.2) is 0 Å². The molecule has 2 N–H and O–H groups in total. The zero-order valence-electron chi connectivity index (χ0n) is 8.90. The average Bonchev–Trinajstić information content (AvgIpc) is 2.29. The highest BCUT2D eigenvalue weighted by molar-refractivity contribution is 9.10. The van der Waals surface area contributed by atoms with Crippen LogP contribution >= 0.6 is 27.5 Å². The van der Waals surface area contributed by atoms with Crippen LogP contribution in [0.2, 0.25) is 5.02 Å². The lowest BCUT2D eigenvalue weighted by Gasteiger charge is -2.03. The first-order valence-corrected chi connectivity index (χ1v) is 6.18. The molecule has 2 nitrogen and oxygen atoms in total. The third-order valence-corrected chi connectivity index (χ3v) is 3.03. The molecule has 86 valence electrons. The summed E-state index contributed by atoms with van der Waals surface area (Å²) in [5, 5.41) is 0.601. The van der Waals surface area contributed by atoms with E-state index in [2.05, 4.69) is 20.9 Å². The van der Waals surface area contributed by atoms with Crippen LogP contribution in [0, 0.1) is 0 Å². The molecule has 17 heavy (non-hydrogen) atoms. The van der Waals surface area contributed by atoms with E-state index in [0.29, 0.717) is 10.9 Å². The zero-order chi connectivity index (χ0) is 12.3. The predicted molar refractivity (Wildman–Crippen MR) is 76.0 cm³/mol. The molecule has 0 aromatic heterocycles. The smallest absolute Gasteiger partial charge is 0.132 e. The number of hydrogen-bond donors (Lipinski definition) is 1. The molecule has 0 unspecified atom stereocenters. The molecule has 0 radical (unpaired) electrons. The number of benzene rings is 2. The molecule has 0 spiro atoms. The molecule has 0 aliphatic rings. The summed E-state index contributed by atoms with van der Waals surface area (Å²) >= 11 is 9.43. The van der Waals surface area contributed by atoms with Crippen molar-refractivity contribution in [3.05, 3.63) is 63.6 Å². The van der Waals surface area contributed by atoms with Gasteiger partial charge in [-0.1, -0.05) is 45.7 Å². The normalized spacial score (nSPS) is 11.5. The van der Waals surface area contributed by atoms with Crippen molar-refractivity contribution in [1.82, 2.24) is 0 Å². The Morgan fingerprint density at radius 3 is 2.59 bits per heavy atom. The van der Waals surface area contributed by atoms with Gasteiger partial charge in [0.1, 0.15) is 5.84 Å². The molecular formula is C13H10BrClN2. The van der Waals surface area contributed by atoms with Gasteiger partial charge in [-0.25, -0.2) is 4.99 Å². The molecule has 0 saturated carbocycles. The van der Waals surface area contributed by atoms with Gasteiger partial charge in [-0.05, 0) is 30.3 Å². The zero-order valence-corrected chi connectivity index (χ0v) is 11.2. The van der Waals surface area contributed by atoms with Gasteiger partial charge >= 0.3 is 0 Å². The van der Waals surface area contributed by atoms with Crippen LogP contribution in [-0.4, -0.2) is 5.84 Å². The lowest BCUT2D eigenvalue weighted by atomic mass is 10.2. The van der Waals surface area contributed by atoms with Crippen LogP contribution in [0.1, 0.15) is 5.56 Å². The Hall–Kier alpha value is -1.32. The van der Waals surface area contributed by atoms with E-state index in [1.54, 1.807) is 6.07 Å². The second-order valence-corrected chi connectivity index (χ2v) is 4.78. The Labute approximate surface area is 113 Å². The summed E-state index contributed by atoms with van der Waals surface area (Å²) in [6.45, 7) is 0. The van der Waals surface area contributed by atoms with Gasteiger partial charge in [-0.3, -0.25) is 0 Å². The van der Waals surface area contributed by atoms with Crippen molar-refractivity contribution < 1.29 is 0 Å². The minimum atomic E-state index is 0.411. The van der Waals surface area contributed by atoms with E-state index in [-0.39, 0.29) is 0 Å². The molecule has 0 heterocycles. The third kappa shape index (κ3) is 3.08. The third-order valence-electron chi connectivity index (χ3n) is 2.21. The first-order valence-electron chi connectivity index (χ1n) is 5.01. The predicted octanol–water partition coefficient (Wildman–Crippen LogP) is 4.14. The number of rotatable bonds is 2. The number of halogens is 2. The highest BCUT2D eigenvalue weighted by Crippen LogP contribution is 2.20. The van der Waals surface area contributed by atoms with Crippen molar-refractivity contribution in [2.45, 2.75) is 0 Å². The molecule has 0 aliphatic carbocycles. The fourth-order valence-corrected chi connectivity index (χ4v) is 2.03. The lowest BCUT2D eigenvalue weighted by molar-refractivity contribution is 1.44. The molecule has 4 heteroatoms. The van der Waals surface area contributed by atoms with E-state index < -0.39 is 0 Å². The van der Waals surface area contributed by atoms with Crippen molar-refractivity contribution in [2.24, 2.45) is 10.7 Å². The Bertz CT molecular complexity index is 567. The van der Waals surface area contributed by atoms with Crippen LogP contribution in [0.25, 0.3) is 0 Å². The summed E-state index contributed by atoms with van der Waals surface area (Å²) < 4.78 is 0.964. The van der Waals surface area contributed by atoms with Gasteiger partial charge in [-0.2, -0.15) is 0 Å². The highest BCUT2D eigenvalue weighted by atomic mass is 79.9. The van der Waals surface area contributed by atoms with E-state index in [1.165, 1.54) is 0 Å². The Morgan fingerprint density at radius 1 is 1.12 bits per heavy atom. The number of nitrogens with zero attached hydrogens (tertiary/aromatic N) is 1. The standard InChI is InChI=1S/C13H10BrClN2/c14-9-4-3-5-10(8-9)17-13(16)11-6-1-2-7-12(11)15/h1-8H,(H2,16,17). The molecule has 2 aromatic rings. The summed E-state index contributed by atoms with van der Waals surface area (Å²) in [5.74, 6) is 0.411. The molecule has 0 saturated heterocycles. The second kappa shape index (κ2) is 5.34. The molecular weight excluding hydrogens is 300 g/mol. The van der Waals surface area contributed by atoms with Crippen molar-refractivity contribution in [1.29, 1.82) is 0 Å². The summed E-state index contributed by atoms with van der Waals surface area (Å²) in [5.41, 5.74) is 7.46. The van der Waals surface area contributed by atoms with Gasteiger partial charge in [0.2, 0.25) is 0 Å². The summed E-state index contributed by atoms with van der Waals surface area (Å²) in [4.78, 5) is 4.33. The first kappa shape index (κ1) is 12.1. The van der Waals surface area contributed by atoms with Crippen molar-refractivity contribution >= 4 is 39.1 Å². The van der Waals surface area contributed by atoms with Crippen LogP contribution in [-0.2, 0) is 0 Å². The van der Waals surface area contributed by atoms with Crippen LogP contribution in [0.15, 0.2) is 58.0 Å². The SMILES string of the molecule is NC(=Nc1cccc(Br)c1)c1ccccc1Cl. The fourth-order valence-electron chi connectivity index (χ4n) is 1.41. The van der Waals surface area contributed by atoms with Gasteiger partial charge in [0.25, 0.3) is 0 Å². The minimum Gasteiger partial charge on any atom is -0.383 e. The average molecular weight is 310 g/mol. The van der Waals surface area contributed by atoms with Crippen molar-refractivity contribution in [2.75, 3.05) is 0 Å². The van der Waals surface area contributed by atoms with Gasteiger partial charge in [-0.15, -0.1) is 0 Å². The minimum absolute atomic E-state index is 0.411. The number of aliphatic imine (C=N–C) groups is 1. The lowest BCUT2D eigenvalue weighted by Crippen LogP contribution is -2.13. The maximum atomic E-state index is 6.05. The summed E-state index contributed by atoms with van der Waals surface area (Å²) in [6.07, 6.45) is 0. The van der Waals surface area contributed by atoms with Gasteiger partial charge in [0.05, 0.1) is 10.7 Å². The molecule has 2 rings (SSSR count). The van der Waals surface area contributed by atoms with Crippen LogP contribution in [0.4, 0.5) is 5.69 Å². The molecule has 0 amide bonds. The summed E-state index contributed by atoms with van der Waals surface area (Å²) in [6, 6.07) is 15.0. The van der Waals surface area contributed by atoms with Crippen LogP contribution < -0.4 is 5.73 Å². The van der Waals surface area contributed by atoms with E-state index in [9.17, 15) is 0 Å². The number of nitrogens with two attached hydrogens (primary N) is 1. The Kier molecular flexibility index (Phi) is 3.82. The molecule has 2 aromatic carbocycles. The number of amidine groups is 1. The monoisotopic (exact) mass is 308 g/mol. The quantitative estimate of drug-likeness (QED) is 0.657. The van der Waals surface area contributed by atoms with E-state index in [1.807, 2.05) is 42.5 Å². The summed E-state index contributed by atoms with van der Waals surface area (Å²) in [7, 11) is 0. The molecule has 0 bridgehead atoms. The van der Waals surface area contributed by atoms with E-state index in [4.69, 9.17) is 17.3 Å². The van der Waals surface area contributed by atoms with Crippen LogP contribution in [0.3, 0.4) is 0 Å². The highest BCUT2D eigenvalue weighted by Gasteiger charge is 2.03. The van der Waals surface area contributed by atoms with Crippen molar-refractivity contribution in [3.8, 4) is 0 Å². The Morgan fingerprint density at radius 2 is 1.88 bits per heavy atom. The largest absolute Gasteiger partial charge is 0.383 e.